The van der Waals surface area contributed by atoms with Gasteiger partial charge in [-0.15, -0.1) is 0 Å². The number of carbonyl (C=O) groups excluding carboxylic acids is 1. The second kappa shape index (κ2) is 6.12. The van der Waals surface area contributed by atoms with E-state index < -0.39 is 0 Å². The van der Waals surface area contributed by atoms with Crippen LogP contribution in [0.25, 0.3) is 0 Å². The molecule has 0 bridgehead atoms. The van der Waals surface area contributed by atoms with Gasteiger partial charge in [0.05, 0.1) is 18.7 Å². The Morgan fingerprint density at radius 2 is 2.10 bits per heavy atom. The van der Waals surface area contributed by atoms with Gasteiger partial charge in [-0.3, -0.25) is 4.79 Å². The molecule has 4 nitrogen and oxygen atoms in total. The summed E-state index contributed by atoms with van der Waals surface area (Å²) in [5.41, 5.74) is 0.917. The number of hydrogen-bond acceptors (Lipinski definition) is 3. The summed E-state index contributed by atoms with van der Waals surface area (Å²) in [5.74, 6) is -0.0968. The van der Waals surface area contributed by atoms with Crippen molar-refractivity contribution in [3.8, 4) is 0 Å². The van der Waals surface area contributed by atoms with Crippen molar-refractivity contribution in [3.05, 3.63) is 35.6 Å². The summed E-state index contributed by atoms with van der Waals surface area (Å²) in [5, 5.41) is 3.25. The minimum Gasteiger partial charge on any atom is -0.367 e. The highest BCUT2D eigenvalue weighted by Crippen LogP contribution is 2.26. The molecule has 0 unspecified atom stereocenters. The third kappa shape index (κ3) is 3.24. The fraction of sp³-hybridized carbons (Fsp3) is 0.562. The summed E-state index contributed by atoms with van der Waals surface area (Å²) < 4.78 is 18.9. The van der Waals surface area contributed by atoms with E-state index in [2.05, 4.69) is 5.32 Å². The van der Waals surface area contributed by atoms with Crippen LogP contribution in [-0.2, 0) is 9.53 Å². The first-order valence-electron chi connectivity index (χ1n) is 7.56. The number of amides is 1. The molecule has 114 valence electrons. The van der Waals surface area contributed by atoms with Gasteiger partial charge in [0, 0.05) is 6.54 Å². The highest BCUT2D eigenvalue weighted by Gasteiger charge is 2.33. The first-order chi connectivity index (χ1) is 10.1. The van der Waals surface area contributed by atoms with Gasteiger partial charge in [0.15, 0.2) is 0 Å². The number of halogens is 1. The highest BCUT2D eigenvalue weighted by molar-refractivity contribution is 5.82. The minimum atomic E-state index is -0.259. The van der Waals surface area contributed by atoms with E-state index in [0.717, 1.165) is 24.9 Å². The van der Waals surface area contributed by atoms with Crippen molar-refractivity contribution in [1.29, 1.82) is 0 Å². The molecule has 0 radical (unpaired) electrons. The summed E-state index contributed by atoms with van der Waals surface area (Å²) in [7, 11) is 0. The molecule has 3 atom stereocenters. The maximum absolute atomic E-state index is 13.0. The number of benzene rings is 1. The fourth-order valence-corrected chi connectivity index (χ4v) is 3.11. The van der Waals surface area contributed by atoms with Crippen LogP contribution in [0.5, 0.6) is 0 Å². The Hall–Kier alpha value is -1.46. The average molecular weight is 292 g/mol. The van der Waals surface area contributed by atoms with E-state index in [0.29, 0.717) is 13.1 Å². The number of carbonyl (C=O) groups is 1. The lowest BCUT2D eigenvalue weighted by Gasteiger charge is -2.38. The topological polar surface area (TPSA) is 41.6 Å². The smallest absolute Gasteiger partial charge is 0.239 e. The van der Waals surface area contributed by atoms with E-state index in [1.165, 1.54) is 12.1 Å². The van der Waals surface area contributed by atoms with Crippen LogP contribution in [0.2, 0.25) is 0 Å². The Balaban J connectivity index is 1.71. The molecule has 3 rings (SSSR count). The maximum Gasteiger partial charge on any atom is 0.239 e. The lowest BCUT2D eigenvalue weighted by atomic mass is 10.1. The van der Waals surface area contributed by atoms with Crippen molar-refractivity contribution in [1.82, 2.24) is 10.2 Å². The van der Waals surface area contributed by atoms with Crippen LogP contribution in [0.3, 0.4) is 0 Å². The van der Waals surface area contributed by atoms with Crippen molar-refractivity contribution in [2.45, 2.75) is 38.0 Å². The van der Waals surface area contributed by atoms with Gasteiger partial charge in [-0.05, 0) is 44.0 Å². The van der Waals surface area contributed by atoms with Crippen molar-refractivity contribution in [2.75, 3.05) is 19.6 Å². The molecule has 2 aliphatic rings. The van der Waals surface area contributed by atoms with Gasteiger partial charge in [0.2, 0.25) is 5.91 Å². The second-order valence-corrected chi connectivity index (χ2v) is 5.88. The third-order valence-electron chi connectivity index (χ3n) is 4.17. The molecule has 21 heavy (non-hydrogen) atoms. The molecule has 2 heterocycles. The average Bonchev–Trinajstić information content (AvgIpc) is 3.00. The van der Waals surface area contributed by atoms with Crippen LogP contribution in [0.4, 0.5) is 4.39 Å². The monoisotopic (exact) mass is 292 g/mol. The molecule has 2 aliphatic heterocycles. The van der Waals surface area contributed by atoms with Gasteiger partial charge < -0.3 is 15.0 Å². The highest BCUT2D eigenvalue weighted by atomic mass is 19.1. The molecular formula is C16H21FN2O2. The minimum absolute atomic E-state index is 0.0147. The molecule has 2 saturated heterocycles. The van der Waals surface area contributed by atoms with E-state index >= 15 is 0 Å². The van der Waals surface area contributed by atoms with Crippen LogP contribution in [-0.4, -0.2) is 42.6 Å². The second-order valence-electron chi connectivity index (χ2n) is 5.88. The number of morpholine rings is 1. The van der Waals surface area contributed by atoms with Gasteiger partial charge in [-0.1, -0.05) is 12.1 Å². The largest absolute Gasteiger partial charge is 0.367 e. The zero-order valence-corrected chi connectivity index (χ0v) is 12.2. The van der Waals surface area contributed by atoms with Crippen molar-refractivity contribution in [2.24, 2.45) is 0 Å². The fourth-order valence-electron chi connectivity index (χ4n) is 3.11. The van der Waals surface area contributed by atoms with Crippen LogP contribution in [0.15, 0.2) is 24.3 Å². The Morgan fingerprint density at radius 1 is 1.33 bits per heavy atom. The third-order valence-corrected chi connectivity index (χ3v) is 4.17. The van der Waals surface area contributed by atoms with Crippen LogP contribution in [0.1, 0.15) is 31.4 Å². The quantitative estimate of drug-likeness (QED) is 0.905. The summed E-state index contributed by atoms with van der Waals surface area (Å²) in [6.45, 7) is 4.04. The number of ether oxygens (including phenoxy) is 1. The standard InChI is InChI=1S/C16H21FN2O2/c1-11-9-19(16(20)14-3-2-8-18-14)10-15(21-11)12-4-6-13(17)7-5-12/h4-7,11,14-15,18H,2-3,8-10H2,1H3/t11-,14+,15+/m1/s1. The van der Waals surface area contributed by atoms with Gasteiger partial charge in [-0.25, -0.2) is 4.39 Å². The summed E-state index contributed by atoms with van der Waals surface area (Å²) in [6, 6.07) is 6.28. The van der Waals surface area contributed by atoms with Crippen LogP contribution >= 0.6 is 0 Å². The molecule has 1 aromatic rings. The Bertz CT molecular complexity index is 500. The molecule has 1 N–H and O–H groups in total. The molecule has 1 aromatic carbocycles. The van der Waals surface area contributed by atoms with Crippen LogP contribution < -0.4 is 5.32 Å². The Kier molecular flexibility index (Phi) is 4.22. The number of nitrogens with zero attached hydrogens (tertiary/aromatic N) is 1. The first kappa shape index (κ1) is 14.5. The predicted molar refractivity (Wildman–Crippen MR) is 77.3 cm³/mol. The summed E-state index contributed by atoms with van der Waals surface area (Å²) >= 11 is 0. The Labute approximate surface area is 124 Å². The van der Waals surface area contributed by atoms with E-state index in [1.54, 1.807) is 12.1 Å². The molecule has 5 heteroatoms. The zero-order valence-electron chi connectivity index (χ0n) is 12.2. The summed E-state index contributed by atoms with van der Waals surface area (Å²) in [4.78, 5) is 14.4. The SMILES string of the molecule is C[C@@H]1CN(C(=O)[C@@H]2CCCN2)C[C@@H](c2ccc(F)cc2)O1. The van der Waals surface area contributed by atoms with E-state index in [1.807, 2.05) is 11.8 Å². The molecule has 0 aliphatic carbocycles. The van der Waals surface area contributed by atoms with E-state index in [9.17, 15) is 9.18 Å². The number of nitrogens with one attached hydrogen (secondary N) is 1. The normalized spacial score (nSPS) is 29.6. The molecule has 0 spiro atoms. The van der Waals surface area contributed by atoms with E-state index in [-0.39, 0.29) is 30.0 Å². The summed E-state index contributed by atoms with van der Waals surface area (Å²) in [6.07, 6.45) is 1.77. The molecule has 2 fully saturated rings. The van der Waals surface area contributed by atoms with Crippen molar-refractivity contribution in [3.63, 3.8) is 0 Å². The number of rotatable bonds is 2. The predicted octanol–water partition coefficient (Wildman–Crippen LogP) is 1.87. The molecule has 1 amide bonds. The van der Waals surface area contributed by atoms with Crippen molar-refractivity contribution < 1.29 is 13.9 Å². The Morgan fingerprint density at radius 3 is 2.76 bits per heavy atom. The first-order valence-corrected chi connectivity index (χ1v) is 7.56. The zero-order chi connectivity index (χ0) is 14.8. The van der Waals surface area contributed by atoms with Gasteiger partial charge in [0.25, 0.3) is 0 Å². The van der Waals surface area contributed by atoms with E-state index in [4.69, 9.17) is 4.74 Å². The van der Waals surface area contributed by atoms with Gasteiger partial charge >= 0.3 is 0 Å². The lowest BCUT2D eigenvalue weighted by Crippen LogP contribution is -2.51. The molecule has 0 aromatic heterocycles. The lowest BCUT2D eigenvalue weighted by molar-refractivity contribution is -0.146. The van der Waals surface area contributed by atoms with Gasteiger partial charge in [-0.2, -0.15) is 0 Å². The van der Waals surface area contributed by atoms with Crippen LogP contribution in [0, 0.1) is 5.82 Å². The maximum atomic E-state index is 13.0. The molecular weight excluding hydrogens is 271 g/mol. The van der Waals surface area contributed by atoms with Crippen molar-refractivity contribution >= 4 is 5.91 Å². The molecule has 0 saturated carbocycles. The van der Waals surface area contributed by atoms with Gasteiger partial charge in [0.1, 0.15) is 11.9 Å². The number of hydrogen-bond donors (Lipinski definition) is 1.